The van der Waals surface area contributed by atoms with E-state index in [9.17, 15) is 4.79 Å². The zero-order valence-electron chi connectivity index (χ0n) is 19.6. The van der Waals surface area contributed by atoms with Crippen LogP contribution >= 0.6 is 0 Å². The maximum atomic E-state index is 12.6. The molecule has 1 aliphatic heterocycles. The van der Waals surface area contributed by atoms with Crippen LogP contribution in [0.2, 0.25) is 0 Å². The molecule has 176 valence electrons. The zero-order valence-corrected chi connectivity index (χ0v) is 19.6. The lowest BCUT2D eigenvalue weighted by molar-refractivity contribution is 0.197. The number of ether oxygens (including phenoxy) is 2. The summed E-state index contributed by atoms with van der Waals surface area (Å²) in [5, 5.41) is 10.5. The molecule has 7 nitrogen and oxygen atoms in total. The Kier molecular flexibility index (Phi) is 7.75. The van der Waals surface area contributed by atoms with Gasteiger partial charge in [-0.2, -0.15) is 5.10 Å². The van der Waals surface area contributed by atoms with Gasteiger partial charge in [0.05, 0.1) is 0 Å². The lowest BCUT2D eigenvalue weighted by Gasteiger charge is -2.33. The first-order chi connectivity index (χ1) is 16.6. The number of aromatic nitrogens is 2. The van der Waals surface area contributed by atoms with E-state index in [1.165, 1.54) is 11.1 Å². The third-order valence-corrected chi connectivity index (χ3v) is 5.71. The highest BCUT2D eigenvalue weighted by molar-refractivity contribution is 5.88. The lowest BCUT2D eigenvalue weighted by atomic mass is 9.91. The largest absolute Gasteiger partial charge is 0.490 e. The molecular formula is C27H30N4O3. The second-order valence-corrected chi connectivity index (χ2v) is 8.44. The van der Waals surface area contributed by atoms with Gasteiger partial charge in [0.25, 0.3) is 0 Å². The van der Waals surface area contributed by atoms with Crippen LogP contribution in [0.4, 0.5) is 10.6 Å². The molecule has 1 aliphatic rings. The Hall–Kier alpha value is -3.87. The highest BCUT2D eigenvalue weighted by Gasteiger charge is 2.24. The van der Waals surface area contributed by atoms with E-state index in [2.05, 4.69) is 34.6 Å². The van der Waals surface area contributed by atoms with Crippen LogP contribution < -0.4 is 14.8 Å². The van der Waals surface area contributed by atoms with Crippen molar-refractivity contribution in [1.29, 1.82) is 0 Å². The third kappa shape index (κ3) is 6.57. The van der Waals surface area contributed by atoms with Gasteiger partial charge in [-0.1, -0.05) is 42.8 Å². The van der Waals surface area contributed by atoms with Crippen molar-refractivity contribution in [3.8, 4) is 11.5 Å². The van der Waals surface area contributed by atoms with E-state index in [1.807, 2.05) is 54.3 Å². The number of likely N-dealkylation sites (tertiary alicyclic amines) is 1. The predicted octanol–water partition coefficient (Wildman–Crippen LogP) is 5.20. The van der Waals surface area contributed by atoms with Gasteiger partial charge in [-0.3, -0.25) is 5.32 Å². The minimum Gasteiger partial charge on any atom is -0.490 e. The van der Waals surface area contributed by atoms with E-state index >= 15 is 0 Å². The standard InChI is InChI=1S/C27H30N4O3/c1-20-6-3-8-24(16-20)33-14-15-34-25-9-4-7-22(18-25)17-23-11-13-31(19-21(23)2)27(32)29-26-10-5-12-28-30-26/h3-10,12,16-18,21H,11,13-15,19H2,1-2H3,(H,29,30,32). The fraction of sp³-hybridized carbons (Fsp3) is 0.296. The topological polar surface area (TPSA) is 76.6 Å². The molecule has 3 aromatic rings. The predicted molar refractivity (Wildman–Crippen MR) is 133 cm³/mol. The molecule has 1 unspecified atom stereocenters. The molecule has 7 heteroatoms. The smallest absolute Gasteiger partial charge is 0.323 e. The van der Waals surface area contributed by atoms with Crippen LogP contribution in [0.5, 0.6) is 11.5 Å². The quantitative estimate of drug-likeness (QED) is 0.493. The summed E-state index contributed by atoms with van der Waals surface area (Å²) >= 11 is 0. The Morgan fingerprint density at radius 1 is 1.09 bits per heavy atom. The number of benzene rings is 2. The molecule has 2 heterocycles. The number of carbonyl (C=O) groups excluding carboxylic acids is 1. The second kappa shape index (κ2) is 11.3. The van der Waals surface area contributed by atoms with Gasteiger partial charge in [0.15, 0.2) is 5.82 Å². The number of rotatable bonds is 7. The first kappa shape index (κ1) is 23.3. The molecular weight excluding hydrogens is 428 g/mol. The van der Waals surface area contributed by atoms with Crippen molar-refractivity contribution in [2.24, 2.45) is 5.92 Å². The molecule has 34 heavy (non-hydrogen) atoms. The third-order valence-electron chi connectivity index (χ3n) is 5.71. The molecule has 0 spiro atoms. The molecule has 1 atom stereocenters. The van der Waals surface area contributed by atoms with Crippen molar-refractivity contribution < 1.29 is 14.3 Å². The van der Waals surface area contributed by atoms with Crippen LogP contribution in [-0.4, -0.2) is 47.4 Å². The van der Waals surface area contributed by atoms with Crippen molar-refractivity contribution in [1.82, 2.24) is 15.1 Å². The van der Waals surface area contributed by atoms with E-state index in [0.717, 1.165) is 23.5 Å². The van der Waals surface area contributed by atoms with Gasteiger partial charge in [0, 0.05) is 19.3 Å². The van der Waals surface area contributed by atoms with E-state index in [4.69, 9.17) is 9.47 Å². The highest BCUT2D eigenvalue weighted by Crippen LogP contribution is 2.26. The molecule has 4 rings (SSSR count). The molecule has 2 amide bonds. The molecule has 1 fully saturated rings. The van der Waals surface area contributed by atoms with Crippen molar-refractivity contribution >= 4 is 17.9 Å². The number of hydrogen-bond acceptors (Lipinski definition) is 5. The summed E-state index contributed by atoms with van der Waals surface area (Å²) in [5.74, 6) is 2.39. The van der Waals surface area contributed by atoms with Crippen LogP contribution in [-0.2, 0) is 0 Å². The van der Waals surface area contributed by atoms with Gasteiger partial charge in [-0.05, 0) is 66.8 Å². The molecule has 0 aliphatic carbocycles. The maximum absolute atomic E-state index is 12.6. The number of urea groups is 1. The maximum Gasteiger partial charge on any atom is 0.323 e. The number of nitrogens with zero attached hydrogens (tertiary/aromatic N) is 3. The normalized spacial score (nSPS) is 16.8. The Morgan fingerprint density at radius 2 is 1.85 bits per heavy atom. The molecule has 1 N–H and O–H groups in total. The fourth-order valence-electron chi connectivity index (χ4n) is 3.94. The molecule has 2 aromatic carbocycles. The van der Waals surface area contributed by atoms with Gasteiger partial charge in [-0.15, -0.1) is 5.10 Å². The summed E-state index contributed by atoms with van der Waals surface area (Å²) in [5.41, 5.74) is 3.59. The molecule has 0 bridgehead atoms. The van der Waals surface area contributed by atoms with Crippen LogP contribution in [0.1, 0.15) is 24.5 Å². The van der Waals surface area contributed by atoms with Crippen LogP contribution in [0.15, 0.2) is 72.4 Å². The zero-order chi connectivity index (χ0) is 23.8. The Bertz CT molecular complexity index is 1130. The van der Waals surface area contributed by atoms with Crippen LogP contribution in [0.25, 0.3) is 6.08 Å². The summed E-state index contributed by atoms with van der Waals surface area (Å²) < 4.78 is 11.7. The van der Waals surface area contributed by atoms with Gasteiger partial charge in [-0.25, -0.2) is 4.79 Å². The minimum absolute atomic E-state index is 0.144. The first-order valence-corrected chi connectivity index (χ1v) is 11.5. The Morgan fingerprint density at radius 3 is 2.56 bits per heavy atom. The molecule has 0 saturated carbocycles. The number of nitrogens with one attached hydrogen (secondary N) is 1. The SMILES string of the molecule is Cc1cccc(OCCOc2cccc(C=C3CCN(C(=O)Nc4cccnn4)CC3C)c2)c1. The van der Waals surface area contributed by atoms with Gasteiger partial charge in [0.2, 0.25) is 0 Å². The summed E-state index contributed by atoms with van der Waals surface area (Å²) in [7, 11) is 0. The average Bonchev–Trinajstić information content (AvgIpc) is 2.84. The lowest BCUT2D eigenvalue weighted by Crippen LogP contribution is -2.42. The highest BCUT2D eigenvalue weighted by atomic mass is 16.5. The fourth-order valence-corrected chi connectivity index (χ4v) is 3.94. The van der Waals surface area contributed by atoms with E-state index in [1.54, 1.807) is 18.3 Å². The van der Waals surface area contributed by atoms with E-state index < -0.39 is 0 Å². The second-order valence-electron chi connectivity index (χ2n) is 8.44. The minimum atomic E-state index is -0.144. The average molecular weight is 459 g/mol. The summed E-state index contributed by atoms with van der Waals surface area (Å²) in [4.78, 5) is 14.4. The number of amides is 2. The number of piperidine rings is 1. The monoisotopic (exact) mass is 458 g/mol. The Balaban J connectivity index is 1.28. The summed E-state index contributed by atoms with van der Waals surface area (Å²) in [6, 6.07) is 19.4. The van der Waals surface area contributed by atoms with Crippen molar-refractivity contribution in [3.05, 3.63) is 83.6 Å². The first-order valence-electron chi connectivity index (χ1n) is 11.5. The Labute approximate surface area is 200 Å². The number of hydrogen-bond donors (Lipinski definition) is 1. The van der Waals surface area contributed by atoms with Crippen molar-refractivity contribution in [2.45, 2.75) is 20.3 Å². The summed E-state index contributed by atoms with van der Waals surface area (Å²) in [6.45, 7) is 6.47. The molecule has 1 saturated heterocycles. The number of carbonyl (C=O) groups is 1. The van der Waals surface area contributed by atoms with Crippen LogP contribution in [0.3, 0.4) is 0 Å². The van der Waals surface area contributed by atoms with Crippen molar-refractivity contribution in [2.75, 3.05) is 31.6 Å². The number of anilines is 1. The van der Waals surface area contributed by atoms with Gasteiger partial charge in [0.1, 0.15) is 24.7 Å². The van der Waals surface area contributed by atoms with E-state index in [-0.39, 0.29) is 11.9 Å². The van der Waals surface area contributed by atoms with Gasteiger partial charge >= 0.3 is 6.03 Å². The van der Waals surface area contributed by atoms with Crippen molar-refractivity contribution in [3.63, 3.8) is 0 Å². The molecule has 1 aromatic heterocycles. The number of aryl methyl sites for hydroxylation is 1. The summed E-state index contributed by atoms with van der Waals surface area (Å²) in [6.07, 6.45) is 4.61. The van der Waals surface area contributed by atoms with Gasteiger partial charge < -0.3 is 14.4 Å². The van der Waals surface area contributed by atoms with E-state index in [0.29, 0.717) is 32.1 Å². The van der Waals surface area contributed by atoms with Crippen LogP contribution in [0, 0.1) is 12.8 Å². The molecule has 0 radical (unpaired) electrons.